The first kappa shape index (κ1) is 19.2. The van der Waals surface area contributed by atoms with Crippen LogP contribution in [0.15, 0.2) is 24.3 Å². The lowest BCUT2D eigenvalue weighted by Gasteiger charge is -2.26. The summed E-state index contributed by atoms with van der Waals surface area (Å²) in [5.41, 5.74) is 7.92. The fourth-order valence-corrected chi connectivity index (χ4v) is 2.08. The fraction of sp³-hybridized carbons (Fsp3) is 0.556. The molecular weight excluding hydrogens is 290 g/mol. The third-order valence-corrected chi connectivity index (χ3v) is 4.00. The molecule has 1 aromatic carbocycles. The van der Waals surface area contributed by atoms with Crippen molar-refractivity contribution in [3.8, 4) is 0 Å². The maximum absolute atomic E-state index is 11.9. The van der Waals surface area contributed by atoms with Gasteiger partial charge in [0.2, 0.25) is 11.8 Å². The molecule has 2 amide bonds. The van der Waals surface area contributed by atoms with Gasteiger partial charge in [0.05, 0.1) is 12.6 Å². The van der Waals surface area contributed by atoms with Gasteiger partial charge >= 0.3 is 0 Å². The summed E-state index contributed by atoms with van der Waals surface area (Å²) in [7, 11) is 0. The Morgan fingerprint density at radius 3 is 2.22 bits per heavy atom. The number of aryl methyl sites for hydroxylation is 1. The van der Waals surface area contributed by atoms with Crippen LogP contribution in [0.1, 0.15) is 38.8 Å². The molecule has 1 aromatic rings. The number of rotatable bonds is 7. The molecule has 0 unspecified atom stereocenters. The number of carbonyl (C=O) groups excluding carboxylic acids is 2. The molecule has 0 aliphatic heterocycles. The average molecular weight is 319 g/mol. The Morgan fingerprint density at radius 1 is 1.13 bits per heavy atom. The lowest BCUT2D eigenvalue weighted by Crippen LogP contribution is -2.48. The Hall–Kier alpha value is -1.88. The van der Waals surface area contributed by atoms with Crippen molar-refractivity contribution < 1.29 is 9.59 Å². The van der Waals surface area contributed by atoms with E-state index in [1.165, 1.54) is 5.56 Å². The third-order valence-electron chi connectivity index (χ3n) is 4.00. The van der Waals surface area contributed by atoms with Gasteiger partial charge in [-0.1, -0.05) is 57.5 Å². The predicted molar refractivity (Wildman–Crippen MR) is 93.0 cm³/mol. The Kier molecular flexibility index (Phi) is 6.76. The van der Waals surface area contributed by atoms with Crippen LogP contribution in [0, 0.1) is 12.8 Å². The predicted octanol–water partition coefficient (Wildman–Crippen LogP) is 1.49. The molecule has 0 aromatic heterocycles. The standard InChI is InChI=1S/C18H29N3O2/c1-12(2)16(19)17(23)20-10-15(22)21-11-18(4,5)14-8-6-13(3)7-9-14/h6-9,12,16H,10-11,19H2,1-5H3,(H,20,23)(H,21,22)/t16-/m0/s1. The molecule has 0 spiro atoms. The summed E-state index contributed by atoms with van der Waals surface area (Å²) in [4.78, 5) is 23.6. The van der Waals surface area contributed by atoms with E-state index in [0.29, 0.717) is 6.54 Å². The van der Waals surface area contributed by atoms with E-state index in [-0.39, 0.29) is 29.7 Å². The summed E-state index contributed by atoms with van der Waals surface area (Å²) in [6.45, 7) is 10.4. The zero-order valence-corrected chi connectivity index (χ0v) is 14.8. The van der Waals surface area contributed by atoms with Gasteiger partial charge in [0, 0.05) is 12.0 Å². The van der Waals surface area contributed by atoms with Gasteiger partial charge in [0.25, 0.3) is 0 Å². The molecule has 0 heterocycles. The van der Waals surface area contributed by atoms with E-state index in [4.69, 9.17) is 5.73 Å². The molecule has 0 fully saturated rings. The Balaban J connectivity index is 2.46. The maximum Gasteiger partial charge on any atom is 0.239 e. The first-order valence-corrected chi connectivity index (χ1v) is 8.00. The molecule has 1 rings (SSSR count). The Morgan fingerprint density at radius 2 is 1.70 bits per heavy atom. The van der Waals surface area contributed by atoms with Crippen LogP contribution in [0.3, 0.4) is 0 Å². The number of nitrogens with one attached hydrogen (secondary N) is 2. The topological polar surface area (TPSA) is 84.2 Å². The van der Waals surface area contributed by atoms with E-state index >= 15 is 0 Å². The minimum absolute atomic E-state index is 0.0403. The molecule has 0 saturated heterocycles. The molecule has 0 aliphatic rings. The highest BCUT2D eigenvalue weighted by Crippen LogP contribution is 2.22. The van der Waals surface area contributed by atoms with Crippen LogP contribution in [0.4, 0.5) is 0 Å². The van der Waals surface area contributed by atoms with Crippen molar-refractivity contribution in [2.24, 2.45) is 11.7 Å². The highest BCUT2D eigenvalue weighted by atomic mass is 16.2. The molecular formula is C18H29N3O2. The van der Waals surface area contributed by atoms with Crippen molar-refractivity contribution in [3.05, 3.63) is 35.4 Å². The highest BCUT2D eigenvalue weighted by Gasteiger charge is 2.22. The van der Waals surface area contributed by atoms with Crippen molar-refractivity contribution in [2.45, 2.75) is 46.1 Å². The number of hydrogen-bond acceptors (Lipinski definition) is 3. The molecule has 1 atom stereocenters. The average Bonchev–Trinajstić information content (AvgIpc) is 2.50. The molecule has 128 valence electrons. The van der Waals surface area contributed by atoms with Crippen LogP contribution in [0.5, 0.6) is 0 Å². The van der Waals surface area contributed by atoms with Crippen molar-refractivity contribution >= 4 is 11.8 Å². The molecule has 0 bridgehead atoms. The number of carbonyl (C=O) groups is 2. The number of nitrogens with two attached hydrogens (primary N) is 1. The van der Waals surface area contributed by atoms with Crippen LogP contribution in [0.2, 0.25) is 0 Å². The van der Waals surface area contributed by atoms with E-state index in [9.17, 15) is 9.59 Å². The van der Waals surface area contributed by atoms with E-state index < -0.39 is 6.04 Å². The number of amides is 2. The SMILES string of the molecule is Cc1ccc(C(C)(C)CNC(=O)CNC(=O)[C@@H](N)C(C)C)cc1. The first-order chi connectivity index (χ1) is 10.6. The zero-order valence-electron chi connectivity index (χ0n) is 14.8. The van der Waals surface area contributed by atoms with Crippen LogP contribution >= 0.6 is 0 Å². The summed E-state index contributed by atoms with van der Waals surface area (Å²) in [6.07, 6.45) is 0. The van der Waals surface area contributed by atoms with E-state index in [0.717, 1.165) is 5.56 Å². The quantitative estimate of drug-likeness (QED) is 0.712. The lowest BCUT2D eigenvalue weighted by molar-refractivity contribution is -0.127. The van der Waals surface area contributed by atoms with Gasteiger partial charge in [-0.15, -0.1) is 0 Å². The van der Waals surface area contributed by atoms with Crippen molar-refractivity contribution in [2.75, 3.05) is 13.1 Å². The van der Waals surface area contributed by atoms with Gasteiger partial charge in [0.15, 0.2) is 0 Å². The van der Waals surface area contributed by atoms with E-state index in [1.807, 2.05) is 20.8 Å². The summed E-state index contributed by atoms with van der Waals surface area (Å²) >= 11 is 0. The highest BCUT2D eigenvalue weighted by molar-refractivity contribution is 5.87. The zero-order chi connectivity index (χ0) is 17.6. The van der Waals surface area contributed by atoms with E-state index in [1.54, 1.807) is 0 Å². The third kappa shape index (κ3) is 6.02. The molecule has 4 N–H and O–H groups in total. The molecule has 0 radical (unpaired) electrons. The largest absolute Gasteiger partial charge is 0.354 e. The summed E-state index contributed by atoms with van der Waals surface area (Å²) in [5.74, 6) is -0.471. The van der Waals surface area contributed by atoms with E-state index in [2.05, 4.69) is 48.7 Å². The van der Waals surface area contributed by atoms with Crippen LogP contribution in [-0.4, -0.2) is 30.9 Å². The minimum atomic E-state index is -0.591. The van der Waals surface area contributed by atoms with Gasteiger partial charge in [0.1, 0.15) is 0 Å². The molecule has 23 heavy (non-hydrogen) atoms. The second-order valence-electron chi connectivity index (χ2n) is 7.01. The van der Waals surface area contributed by atoms with Crippen LogP contribution < -0.4 is 16.4 Å². The van der Waals surface area contributed by atoms with Gasteiger partial charge < -0.3 is 16.4 Å². The van der Waals surface area contributed by atoms with Gasteiger partial charge in [-0.25, -0.2) is 0 Å². The van der Waals surface area contributed by atoms with Gasteiger partial charge in [-0.3, -0.25) is 9.59 Å². The van der Waals surface area contributed by atoms with Crippen molar-refractivity contribution in [1.29, 1.82) is 0 Å². The van der Waals surface area contributed by atoms with Gasteiger partial charge in [-0.2, -0.15) is 0 Å². The summed E-state index contributed by atoms with van der Waals surface area (Å²) < 4.78 is 0. The van der Waals surface area contributed by atoms with Crippen molar-refractivity contribution in [3.63, 3.8) is 0 Å². The molecule has 5 heteroatoms. The van der Waals surface area contributed by atoms with Crippen LogP contribution in [-0.2, 0) is 15.0 Å². The minimum Gasteiger partial charge on any atom is -0.354 e. The monoisotopic (exact) mass is 319 g/mol. The Bertz CT molecular complexity index is 536. The normalized spacial score (nSPS) is 12.8. The smallest absolute Gasteiger partial charge is 0.239 e. The second kappa shape index (κ2) is 8.11. The van der Waals surface area contributed by atoms with Crippen molar-refractivity contribution in [1.82, 2.24) is 10.6 Å². The molecule has 5 nitrogen and oxygen atoms in total. The molecule has 0 aliphatic carbocycles. The number of benzene rings is 1. The summed E-state index contributed by atoms with van der Waals surface area (Å²) in [5, 5.41) is 5.44. The van der Waals surface area contributed by atoms with Crippen LogP contribution in [0.25, 0.3) is 0 Å². The summed E-state index contributed by atoms with van der Waals surface area (Å²) in [6, 6.07) is 7.68. The first-order valence-electron chi connectivity index (χ1n) is 8.00. The van der Waals surface area contributed by atoms with Gasteiger partial charge in [-0.05, 0) is 18.4 Å². The lowest BCUT2D eigenvalue weighted by atomic mass is 9.84. The second-order valence-corrected chi connectivity index (χ2v) is 7.01. The Labute approximate surface area is 139 Å². The maximum atomic E-state index is 11.9. The fourth-order valence-electron chi connectivity index (χ4n) is 2.08. The molecule has 0 saturated carbocycles. The number of hydrogen-bond donors (Lipinski definition) is 3.